The molecule has 1 saturated carbocycles. The van der Waals surface area contributed by atoms with Gasteiger partial charge >= 0.3 is 0 Å². The minimum Gasteiger partial charge on any atom is -0.315 e. The first-order valence-electron chi connectivity index (χ1n) is 8.51. The molecular formula is C17H35N3. The van der Waals surface area contributed by atoms with Crippen LogP contribution in [-0.4, -0.2) is 62.2 Å². The van der Waals surface area contributed by atoms with E-state index in [9.17, 15) is 0 Å². The van der Waals surface area contributed by atoms with E-state index >= 15 is 0 Å². The van der Waals surface area contributed by atoms with Gasteiger partial charge in [-0.1, -0.05) is 20.8 Å². The molecule has 0 radical (unpaired) electrons. The molecule has 1 saturated heterocycles. The topological polar surface area (TPSA) is 18.5 Å². The highest BCUT2D eigenvalue weighted by Crippen LogP contribution is 2.39. The standard InChI is InChI=1S/C17H35N3/c1-17(2,3)14-7-8-15(18-4)16(13-14)20-10-6-9-19(5)11-12-20/h14-16,18H,6-13H2,1-5H3. The quantitative estimate of drug-likeness (QED) is 0.838. The smallest absolute Gasteiger partial charge is 0.0252 e. The second kappa shape index (κ2) is 6.76. The maximum Gasteiger partial charge on any atom is 0.0252 e. The van der Waals surface area contributed by atoms with Crippen molar-refractivity contribution >= 4 is 0 Å². The lowest BCUT2D eigenvalue weighted by Gasteiger charge is -2.46. The zero-order chi connectivity index (χ0) is 14.8. The highest BCUT2D eigenvalue weighted by Gasteiger charge is 2.38. The van der Waals surface area contributed by atoms with Crippen LogP contribution in [0.1, 0.15) is 46.5 Å². The van der Waals surface area contributed by atoms with Gasteiger partial charge in [0.15, 0.2) is 0 Å². The molecule has 1 aliphatic carbocycles. The van der Waals surface area contributed by atoms with Crippen LogP contribution in [0.3, 0.4) is 0 Å². The predicted molar refractivity (Wildman–Crippen MR) is 87.1 cm³/mol. The monoisotopic (exact) mass is 281 g/mol. The van der Waals surface area contributed by atoms with Crippen molar-refractivity contribution in [2.75, 3.05) is 40.3 Å². The van der Waals surface area contributed by atoms with Crippen LogP contribution in [0.2, 0.25) is 0 Å². The third kappa shape index (κ3) is 3.96. The third-order valence-electron chi connectivity index (χ3n) is 5.64. The SMILES string of the molecule is CNC1CCC(C(C)(C)C)CC1N1CCCN(C)CC1. The Hall–Kier alpha value is -0.120. The third-order valence-corrected chi connectivity index (χ3v) is 5.64. The molecule has 0 spiro atoms. The highest BCUT2D eigenvalue weighted by atomic mass is 15.2. The molecule has 20 heavy (non-hydrogen) atoms. The van der Waals surface area contributed by atoms with E-state index in [1.807, 2.05) is 0 Å². The molecule has 3 atom stereocenters. The molecule has 1 N–H and O–H groups in total. The molecule has 118 valence electrons. The Morgan fingerprint density at radius 3 is 2.40 bits per heavy atom. The molecule has 0 bridgehead atoms. The summed E-state index contributed by atoms with van der Waals surface area (Å²) in [6, 6.07) is 1.43. The van der Waals surface area contributed by atoms with Gasteiger partial charge in [0, 0.05) is 25.2 Å². The summed E-state index contributed by atoms with van der Waals surface area (Å²) in [6.45, 7) is 12.3. The Labute approximate surface area is 126 Å². The molecule has 0 aromatic heterocycles. The second-order valence-electron chi connectivity index (χ2n) is 8.03. The van der Waals surface area contributed by atoms with E-state index in [4.69, 9.17) is 0 Å². The van der Waals surface area contributed by atoms with Gasteiger partial charge in [0.1, 0.15) is 0 Å². The van der Waals surface area contributed by atoms with Crippen LogP contribution in [0.5, 0.6) is 0 Å². The van der Waals surface area contributed by atoms with Crippen LogP contribution in [-0.2, 0) is 0 Å². The Bertz CT molecular complexity index is 297. The van der Waals surface area contributed by atoms with Gasteiger partial charge in [-0.25, -0.2) is 0 Å². The molecule has 2 rings (SSSR count). The van der Waals surface area contributed by atoms with E-state index in [0.29, 0.717) is 11.5 Å². The van der Waals surface area contributed by atoms with Gasteiger partial charge in [0.05, 0.1) is 0 Å². The zero-order valence-corrected chi connectivity index (χ0v) is 14.3. The first kappa shape index (κ1) is 16.3. The van der Waals surface area contributed by atoms with Gasteiger partial charge in [-0.15, -0.1) is 0 Å². The summed E-state index contributed by atoms with van der Waals surface area (Å²) in [5.74, 6) is 0.873. The Morgan fingerprint density at radius 1 is 1.00 bits per heavy atom. The molecular weight excluding hydrogens is 246 g/mol. The summed E-state index contributed by atoms with van der Waals surface area (Å²) in [5, 5.41) is 3.60. The summed E-state index contributed by atoms with van der Waals surface area (Å²) >= 11 is 0. The van der Waals surface area contributed by atoms with Gasteiger partial charge in [0.25, 0.3) is 0 Å². The second-order valence-corrected chi connectivity index (χ2v) is 8.03. The lowest BCUT2D eigenvalue weighted by Crippen LogP contribution is -2.54. The van der Waals surface area contributed by atoms with E-state index in [0.717, 1.165) is 12.0 Å². The van der Waals surface area contributed by atoms with E-state index in [1.54, 1.807) is 0 Å². The fourth-order valence-corrected chi connectivity index (χ4v) is 4.07. The maximum atomic E-state index is 3.60. The summed E-state index contributed by atoms with van der Waals surface area (Å²) in [4.78, 5) is 5.26. The number of nitrogens with one attached hydrogen (secondary N) is 1. The van der Waals surface area contributed by atoms with Crippen molar-refractivity contribution in [3.63, 3.8) is 0 Å². The first-order valence-corrected chi connectivity index (χ1v) is 8.51. The average Bonchev–Trinajstić information content (AvgIpc) is 2.61. The van der Waals surface area contributed by atoms with Crippen molar-refractivity contribution in [3.8, 4) is 0 Å². The molecule has 2 aliphatic rings. The largest absolute Gasteiger partial charge is 0.315 e. The molecule has 3 nitrogen and oxygen atoms in total. The number of likely N-dealkylation sites (N-methyl/N-ethyl adjacent to an activating group) is 2. The van der Waals surface area contributed by atoms with Gasteiger partial charge < -0.3 is 10.2 Å². The van der Waals surface area contributed by atoms with Gasteiger partial charge in [-0.05, 0) is 64.2 Å². The minimum atomic E-state index is 0.458. The zero-order valence-electron chi connectivity index (χ0n) is 14.3. The van der Waals surface area contributed by atoms with E-state index in [1.165, 1.54) is 51.9 Å². The van der Waals surface area contributed by atoms with Crippen molar-refractivity contribution in [2.24, 2.45) is 11.3 Å². The molecule has 1 heterocycles. The summed E-state index contributed by atoms with van der Waals surface area (Å²) in [7, 11) is 4.41. The summed E-state index contributed by atoms with van der Waals surface area (Å²) in [6.07, 6.45) is 5.43. The molecule has 2 fully saturated rings. The minimum absolute atomic E-state index is 0.458. The van der Waals surface area contributed by atoms with E-state index in [2.05, 4.69) is 50.0 Å². The Balaban J connectivity index is 2.04. The van der Waals surface area contributed by atoms with Crippen molar-refractivity contribution in [2.45, 2.75) is 58.5 Å². The average molecular weight is 281 g/mol. The first-order chi connectivity index (χ1) is 9.41. The van der Waals surface area contributed by atoms with Crippen LogP contribution in [0.25, 0.3) is 0 Å². The van der Waals surface area contributed by atoms with Gasteiger partial charge in [0.2, 0.25) is 0 Å². The highest BCUT2D eigenvalue weighted by molar-refractivity contribution is 4.94. The summed E-state index contributed by atoms with van der Waals surface area (Å²) in [5.41, 5.74) is 0.458. The maximum absolute atomic E-state index is 3.60. The number of hydrogen-bond acceptors (Lipinski definition) is 3. The molecule has 3 unspecified atom stereocenters. The molecule has 1 aliphatic heterocycles. The fourth-order valence-electron chi connectivity index (χ4n) is 4.07. The van der Waals surface area contributed by atoms with Crippen molar-refractivity contribution in [1.29, 1.82) is 0 Å². The number of rotatable bonds is 2. The Morgan fingerprint density at radius 2 is 1.75 bits per heavy atom. The van der Waals surface area contributed by atoms with Crippen molar-refractivity contribution in [1.82, 2.24) is 15.1 Å². The number of hydrogen-bond donors (Lipinski definition) is 1. The van der Waals surface area contributed by atoms with Crippen LogP contribution in [0.15, 0.2) is 0 Å². The lowest BCUT2D eigenvalue weighted by molar-refractivity contribution is 0.0626. The molecule has 3 heteroatoms. The van der Waals surface area contributed by atoms with Crippen LogP contribution in [0, 0.1) is 11.3 Å². The van der Waals surface area contributed by atoms with Crippen molar-refractivity contribution < 1.29 is 0 Å². The van der Waals surface area contributed by atoms with Crippen LogP contribution >= 0.6 is 0 Å². The molecule has 0 aromatic carbocycles. The van der Waals surface area contributed by atoms with E-state index < -0.39 is 0 Å². The van der Waals surface area contributed by atoms with Gasteiger partial charge in [-0.2, -0.15) is 0 Å². The van der Waals surface area contributed by atoms with Crippen LogP contribution in [0.4, 0.5) is 0 Å². The normalized spacial score (nSPS) is 35.0. The predicted octanol–water partition coefficient (Wildman–Crippen LogP) is 2.43. The van der Waals surface area contributed by atoms with Crippen molar-refractivity contribution in [3.05, 3.63) is 0 Å². The molecule has 0 aromatic rings. The van der Waals surface area contributed by atoms with Crippen LogP contribution < -0.4 is 5.32 Å². The Kier molecular flexibility index (Phi) is 5.49. The number of nitrogens with zero attached hydrogens (tertiary/aromatic N) is 2. The van der Waals surface area contributed by atoms with E-state index in [-0.39, 0.29) is 0 Å². The molecule has 0 amide bonds. The lowest BCUT2D eigenvalue weighted by atomic mass is 9.69. The van der Waals surface area contributed by atoms with Gasteiger partial charge in [-0.3, -0.25) is 4.90 Å². The fraction of sp³-hybridized carbons (Fsp3) is 1.00. The summed E-state index contributed by atoms with van der Waals surface area (Å²) < 4.78 is 0.